The summed E-state index contributed by atoms with van der Waals surface area (Å²) in [4.78, 5) is 12.0. The van der Waals surface area contributed by atoms with E-state index < -0.39 is 0 Å². The van der Waals surface area contributed by atoms with Crippen molar-refractivity contribution in [3.05, 3.63) is 34.6 Å². The molecular weight excluding hydrogens is 263 g/mol. The van der Waals surface area contributed by atoms with Gasteiger partial charge in [-0.05, 0) is 23.6 Å². The van der Waals surface area contributed by atoms with Crippen molar-refractivity contribution in [3.63, 3.8) is 0 Å². The third-order valence-corrected chi connectivity index (χ3v) is 3.81. The third kappa shape index (κ3) is 5.73. The van der Waals surface area contributed by atoms with Crippen LogP contribution in [-0.2, 0) is 11.2 Å². The molecule has 0 spiro atoms. The van der Waals surface area contributed by atoms with Gasteiger partial charge in [-0.25, -0.2) is 4.39 Å². The second-order valence-electron chi connectivity index (χ2n) is 5.07. The van der Waals surface area contributed by atoms with Crippen LogP contribution in [0.1, 0.15) is 51.5 Å². The Kier molecular flexibility index (Phi) is 7.07. The van der Waals surface area contributed by atoms with Crippen molar-refractivity contribution in [2.45, 2.75) is 52.4 Å². The van der Waals surface area contributed by atoms with Gasteiger partial charge in [0.1, 0.15) is 11.6 Å². The summed E-state index contributed by atoms with van der Waals surface area (Å²) in [6, 6.07) is 4.21. The molecule has 0 amide bonds. The Labute approximate surface area is 120 Å². The van der Waals surface area contributed by atoms with Gasteiger partial charge < -0.3 is 0 Å². The Morgan fingerprint density at radius 2 is 2.11 bits per heavy atom. The van der Waals surface area contributed by atoms with Crippen molar-refractivity contribution in [2.24, 2.45) is 5.92 Å². The quantitative estimate of drug-likeness (QED) is 0.641. The Bertz CT molecular complexity index is 417. The smallest absolute Gasteiger partial charge is 0.137 e. The first-order valence-corrected chi connectivity index (χ1v) is 7.40. The number of rotatable bonds is 8. The van der Waals surface area contributed by atoms with E-state index in [0.717, 1.165) is 24.8 Å². The Balaban J connectivity index is 2.54. The Morgan fingerprint density at radius 1 is 1.37 bits per heavy atom. The largest absolute Gasteiger partial charge is 0.299 e. The van der Waals surface area contributed by atoms with Crippen LogP contribution in [0.25, 0.3) is 0 Å². The van der Waals surface area contributed by atoms with E-state index in [-0.39, 0.29) is 11.6 Å². The highest BCUT2D eigenvalue weighted by atomic mass is 35.5. The van der Waals surface area contributed by atoms with Gasteiger partial charge in [0.2, 0.25) is 0 Å². The molecule has 0 aliphatic rings. The van der Waals surface area contributed by atoms with Gasteiger partial charge in [0, 0.05) is 17.9 Å². The van der Waals surface area contributed by atoms with E-state index in [1.165, 1.54) is 18.6 Å². The predicted molar refractivity (Wildman–Crippen MR) is 78.0 cm³/mol. The van der Waals surface area contributed by atoms with Crippen LogP contribution >= 0.6 is 11.6 Å². The number of ketones is 1. The molecule has 106 valence electrons. The molecule has 1 aromatic rings. The van der Waals surface area contributed by atoms with Crippen LogP contribution in [0, 0.1) is 11.7 Å². The summed E-state index contributed by atoms with van der Waals surface area (Å²) >= 11 is 5.94. The normalized spacial score (nSPS) is 12.4. The molecule has 1 aromatic carbocycles. The minimum absolute atomic E-state index is 0.191. The fourth-order valence-electron chi connectivity index (χ4n) is 2.21. The van der Waals surface area contributed by atoms with E-state index in [2.05, 4.69) is 13.8 Å². The first-order chi connectivity index (χ1) is 9.06. The number of carbonyl (C=O) groups excluding carboxylic acids is 1. The van der Waals surface area contributed by atoms with Crippen LogP contribution in [0.2, 0.25) is 5.02 Å². The van der Waals surface area contributed by atoms with Gasteiger partial charge in [0.15, 0.2) is 0 Å². The van der Waals surface area contributed by atoms with Gasteiger partial charge >= 0.3 is 0 Å². The minimum Gasteiger partial charge on any atom is -0.299 e. The molecule has 1 unspecified atom stereocenters. The zero-order valence-electron chi connectivity index (χ0n) is 11.7. The fourth-order valence-corrected chi connectivity index (χ4v) is 2.45. The maximum absolute atomic E-state index is 12.9. The molecule has 0 fully saturated rings. The monoisotopic (exact) mass is 284 g/mol. The number of hydrogen-bond acceptors (Lipinski definition) is 1. The summed E-state index contributed by atoms with van der Waals surface area (Å²) in [7, 11) is 0. The second-order valence-corrected chi connectivity index (χ2v) is 5.48. The zero-order chi connectivity index (χ0) is 14.3. The van der Waals surface area contributed by atoms with Crippen LogP contribution in [0.15, 0.2) is 18.2 Å². The highest BCUT2D eigenvalue weighted by Gasteiger charge is 2.13. The number of hydrogen-bond donors (Lipinski definition) is 0. The number of benzene rings is 1. The Morgan fingerprint density at radius 3 is 2.68 bits per heavy atom. The minimum atomic E-state index is -0.365. The molecular formula is C16H22ClFO. The molecule has 0 aliphatic heterocycles. The van der Waals surface area contributed by atoms with Crippen LogP contribution < -0.4 is 0 Å². The van der Waals surface area contributed by atoms with Crippen molar-refractivity contribution in [1.82, 2.24) is 0 Å². The van der Waals surface area contributed by atoms with E-state index in [1.54, 1.807) is 6.07 Å². The summed E-state index contributed by atoms with van der Waals surface area (Å²) in [5, 5.41) is 0.343. The molecule has 3 heteroatoms. The first-order valence-electron chi connectivity index (χ1n) is 7.02. The second kappa shape index (κ2) is 8.31. The van der Waals surface area contributed by atoms with E-state index >= 15 is 0 Å². The fraction of sp³-hybridized carbons (Fsp3) is 0.562. The van der Waals surface area contributed by atoms with Gasteiger partial charge in [-0.3, -0.25) is 4.79 Å². The molecule has 0 N–H and O–H groups in total. The maximum atomic E-state index is 12.9. The number of Topliss-reactive ketones (excluding diaryl/α,β-unsaturated/α-hetero) is 1. The van der Waals surface area contributed by atoms with Gasteiger partial charge in [0.25, 0.3) is 0 Å². The average Bonchev–Trinajstić information content (AvgIpc) is 2.38. The third-order valence-electron chi connectivity index (χ3n) is 3.46. The van der Waals surface area contributed by atoms with E-state index in [0.29, 0.717) is 23.8 Å². The summed E-state index contributed by atoms with van der Waals surface area (Å²) in [6.07, 6.45) is 5.38. The molecule has 0 heterocycles. The van der Waals surface area contributed by atoms with E-state index in [1.807, 2.05) is 0 Å². The molecule has 0 aliphatic carbocycles. The SMILES string of the molecule is CCCCC(CC)CC(=O)Cc1ccc(F)cc1Cl. The molecule has 1 rings (SSSR count). The zero-order valence-corrected chi connectivity index (χ0v) is 12.5. The van der Waals surface area contributed by atoms with Gasteiger partial charge in [0.05, 0.1) is 0 Å². The average molecular weight is 285 g/mol. The van der Waals surface area contributed by atoms with E-state index in [4.69, 9.17) is 11.6 Å². The predicted octanol–water partition coefficient (Wildman–Crippen LogP) is 5.20. The molecule has 0 bridgehead atoms. The number of halogens is 2. The Hall–Kier alpha value is -0.890. The van der Waals surface area contributed by atoms with Crippen LogP contribution in [0.4, 0.5) is 4.39 Å². The lowest BCUT2D eigenvalue weighted by atomic mass is 9.92. The van der Waals surface area contributed by atoms with Crippen molar-refractivity contribution in [1.29, 1.82) is 0 Å². The molecule has 0 radical (unpaired) electrons. The maximum Gasteiger partial charge on any atom is 0.137 e. The highest BCUT2D eigenvalue weighted by Crippen LogP contribution is 2.21. The summed E-state index contributed by atoms with van der Waals surface area (Å²) in [5.41, 5.74) is 0.721. The molecule has 0 saturated carbocycles. The van der Waals surface area contributed by atoms with Gasteiger partial charge in [-0.2, -0.15) is 0 Å². The van der Waals surface area contributed by atoms with E-state index in [9.17, 15) is 9.18 Å². The van der Waals surface area contributed by atoms with Crippen LogP contribution in [-0.4, -0.2) is 5.78 Å². The summed E-state index contributed by atoms with van der Waals surface area (Å²) in [6.45, 7) is 4.28. The summed E-state index contributed by atoms with van der Waals surface area (Å²) in [5.74, 6) is 0.290. The van der Waals surface area contributed by atoms with Crippen molar-refractivity contribution < 1.29 is 9.18 Å². The lowest BCUT2D eigenvalue weighted by Crippen LogP contribution is -2.10. The highest BCUT2D eigenvalue weighted by molar-refractivity contribution is 6.31. The number of unbranched alkanes of at least 4 members (excludes halogenated alkanes) is 1. The topological polar surface area (TPSA) is 17.1 Å². The van der Waals surface area contributed by atoms with Crippen molar-refractivity contribution >= 4 is 17.4 Å². The molecule has 0 saturated heterocycles. The molecule has 1 atom stereocenters. The standard InChI is InChI=1S/C16H22ClFO/c1-3-5-6-12(4-2)9-15(19)10-13-7-8-14(18)11-16(13)17/h7-8,11-12H,3-6,9-10H2,1-2H3. The van der Waals surface area contributed by atoms with Crippen molar-refractivity contribution in [2.75, 3.05) is 0 Å². The lowest BCUT2D eigenvalue weighted by molar-refractivity contribution is -0.119. The number of carbonyl (C=O) groups is 1. The molecule has 0 aromatic heterocycles. The van der Waals surface area contributed by atoms with Gasteiger partial charge in [-0.15, -0.1) is 0 Å². The lowest BCUT2D eigenvalue weighted by Gasteiger charge is -2.13. The van der Waals surface area contributed by atoms with Gasteiger partial charge in [-0.1, -0.05) is 57.2 Å². The molecule has 19 heavy (non-hydrogen) atoms. The van der Waals surface area contributed by atoms with Crippen LogP contribution in [0.5, 0.6) is 0 Å². The molecule has 1 nitrogen and oxygen atoms in total. The summed E-state index contributed by atoms with van der Waals surface area (Å²) < 4.78 is 12.9. The van der Waals surface area contributed by atoms with Crippen molar-refractivity contribution in [3.8, 4) is 0 Å². The van der Waals surface area contributed by atoms with Crippen LogP contribution in [0.3, 0.4) is 0 Å². The first kappa shape index (κ1) is 16.2.